The zero-order valence-corrected chi connectivity index (χ0v) is 60.6. The van der Waals surface area contributed by atoms with E-state index < -0.39 is 97.5 Å². The average Bonchev–Trinajstić information content (AvgIpc) is 3.71. The lowest BCUT2D eigenvalue weighted by atomic mass is 9.99. The third kappa shape index (κ3) is 59.8. The van der Waals surface area contributed by atoms with Gasteiger partial charge in [0.05, 0.1) is 26.4 Å². The van der Waals surface area contributed by atoms with E-state index in [-0.39, 0.29) is 25.7 Å². The predicted molar refractivity (Wildman–Crippen MR) is 363 cm³/mol. The molecule has 6 unspecified atom stereocenters. The fourth-order valence-electron chi connectivity index (χ4n) is 10.5. The summed E-state index contributed by atoms with van der Waals surface area (Å²) in [6.45, 7) is 14.1. The van der Waals surface area contributed by atoms with Crippen molar-refractivity contribution >= 4 is 39.5 Å². The van der Waals surface area contributed by atoms with Crippen molar-refractivity contribution in [3.8, 4) is 0 Å². The Hall–Kier alpha value is -1.94. The Kier molecular flexibility index (Phi) is 59.4. The summed E-state index contributed by atoms with van der Waals surface area (Å²) in [5.74, 6) is 0.937. The van der Waals surface area contributed by atoms with Crippen LogP contribution in [0.2, 0.25) is 0 Å². The van der Waals surface area contributed by atoms with Gasteiger partial charge in [-0.2, -0.15) is 0 Å². The molecule has 0 radical (unpaired) electrons. The first-order chi connectivity index (χ1) is 43.2. The van der Waals surface area contributed by atoms with E-state index in [1.165, 1.54) is 148 Å². The second kappa shape index (κ2) is 60.7. The van der Waals surface area contributed by atoms with Gasteiger partial charge in [-0.1, -0.05) is 299 Å². The number of carbonyl (C=O) groups is 4. The molecule has 90 heavy (non-hydrogen) atoms. The van der Waals surface area contributed by atoms with Crippen LogP contribution in [0.4, 0.5) is 0 Å². The zero-order valence-electron chi connectivity index (χ0n) is 58.8. The molecule has 534 valence electrons. The Morgan fingerprint density at radius 3 is 0.733 bits per heavy atom. The van der Waals surface area contributed by atoms with Crippen molar-refractivity contribution < 1.29 is 80.2 Å². The summed E-state index contributed by atoms with van der Waals surface area (Å²) in [4.78, 5) is 72.5. The molecular weight excluding hydrogens is 1190 g/mol. The monoisotopic (exact) mass is 1320 g/mol. The van der Waals surface area contributed by atoms with Crippen LogP contribution in [0.5, 0.6) is 0 Å². The lowest BCUT2D eigenvalue weighted by Gasteiger charge is -2.21. The molecule has 0 aromatic heterocycles. The van der Waals surface area contributed by atoms with Gasteiger partial charge in [-0.25, -0.2) is 9.13 Å². The quantitative estimate of drug-likeness (QED) is 0.0222. The second-order valence-corrected chi connectivity index (χ2v) is 29.5. The first-order valence-electron chi connectivity index (χ1n) is 36.9. The fourth-order valence-corrected chi connectivity index (χ4v) is 12.1. The molecule has 19 heteroatoms. The molecule has 0 aromatic rings. The molecule has 0 bridgehead atoms. The van der Waals surface area contributed by atoms with Crippen LogP contribution >= 0.6 is 15.6 Å². The van der Waals surface area contributed by atoms with Gasteiger partial charge in [-0.15, -0.1) is 0 Å². The molecule has 0 fully saturated rings. The Labute approximate surface area is 549 Å². The number of rotatable bonds is 68. The summed E-state index contributed by atoms with van der Waals surface area (Å²) in [6, 6.07) is 0. The van der Waals surface area contributed by atoms with Gasteiger partial charge in [0.25, 0.3) is 0 Å². The average molecular weight is 1330 g/mol. The summed E-state index contributed by atoms with van der Waals surface area (Å²) >= 11 is 0. The number of unbranched alkanes of at least 4 members (excludes halogenated alkanes) is 30. The molecule has 0 spiro atoms. The normalized spacial score (nSPS) is 15.5. The largest absolute Gasteiger partial charge is 0.472 e. The first-order valence-corrected chi connectivity index (χ1v) is 39.8. The van der Waals surface area contributed by atoms with Crippen molar-refractivity contribution in [3.05, 3.63) is 0 Å². The summed E-state index contributed by atoms with van der Waals surface area (Å²) < 4.78 is 68.3. The van der Waals surface area contributed by atoms with Crippen molar-refractivity contribution in [1.82, 2.24) is 0 Å². The van der Waals surface area contributed by atoms with E-state index in [1.54, 1.807) is 0 Å². The Morgan fingerprint density at radius 1 is 0.300 bits per heavy atom. The van der Waals surface area contributed by atoms with E-state index in [2.05, 4.69) is 55.4 Å². The molecule has 3 N–H and O–H groups in total. The summed E-state index contributed by atoms with van der Waals surface area (Å²) in [7, 11) is -9.90. The number of aliphatic hydroxyl groups excluding tert-OH is 1. The van der Waals surface area contributed by atoms with Gasteiger partial charge in [-0.3, -0.25) is 37.3 Å². The molecule has 0 aliphatic rings. The minimum Gasteiger partial charge on any atom is -0.462 e. The highest BCUT2D eigenvalue weighted by atomic mass is 31.2. The molecule has 0 saturated heterocycles. The third-order valence-electron chi connectivity index (χ3n) is 17.8. The molecule has 0 amide bonds. The van der Waals surface area contributed by atoms with Gasteiger partial charge >= 0.3 is 39.5 Å². The van der Waals surface area contributed by atoms with E-state index in [0.717, 1.165) is 120 Å². The highest BCUT2D eigenvalue weighted by molar-refractivity contribution is 7.47. The lowest BCUT2D eigenvalue weighted by Crippen LogP contribution is -2.30. The van der Waals surface area contributed by atoms with Crippen LogP contribution < -0.4 is 0 Å². The van der Waals surface area contributed by atoms with E-state index in [1.807, 2.05) is 0 Å². The number of carbonyl (C=O) groups excluding carboxylic acids is 4. The Balaban J connectivity index is 5.22. The highest BCUT2D eigenvalue weighted by Gasteiger charge is 2.30. The standard InChI is InChI=1S/C71H138O17P2/c1-9-61(5)47-39-31-23-19-17-15-13-14-16-18-20-25-35-43-51-68(73)81-57-66(87-70(75)53-45-37-26-22-21-24-32-40-48-62(6)10-2)59-85-89(77,78)83-55-65(72)56-84-90(79,80)86-60-67(88-71(76)54-46-38-30-28-34-42-50-64(8)12-4)58-82-69(74)52-44-36-29-27-33-41-49-63(7)11-3/h61-67,72H,9-60H2,1-8H3,(H,77,78)(H,79,80)/t61?,62?,63?,64?,65-,66-,67-/m1/s1. The van der Waals surface area contributed by atoms with Crippen molar-refractivity contribution in [3.63, 3.8) is 0 Å². The SMILES string of the molecule is CCC(C)CCCCCCCCCCCCCCCCC(=O)OC[C@H](COP(=O)(O)OC[C@@H](O)COP(=O)(O)OC[C@@H](COC(=O)CCCCCCCCC(C)CC)OC(=O)CCCCCCCCC(C)CC)OC(=O)CCCCCCCCCCC(C)CC. The number of phosphoric ester groups is 2. The first kappa shape index (κ1) is 88.1. The smallest absolute Gasteiger partial charge is 0.462 e. The van der Waals surface area contributed by atoms with Crippen molar-refractivity contribution in [1.29, 1.82) is 0 Å². The predicted octanol–water partition coefficient (Wildman–Crippen LogP) is 20.1. The number of esters is 4. The summed E-state index contributed by atoms with van der Waals surface area (Å²) in [5.41, 5.74) is 0. The van der Waals surface area contributed by atoms with Crippen LogP contribution in [0.3, 0.4) is 0 Å². The highest BCUT2D eigenvalue weighted by Crippen LogP contribution is 2.45. The van der Waals surface area contributed by atoms with Crippen LogP contribution in [-0.2, 0) is 65.4 Å². The molecule has 17 nitrogen and oxygen atoms in total. The minimum atomic E-state index is -4.95. The van der Waals surface area contributed by atoms with Gasteiger partial charge in [0.15, 0.2) is 12.2 Å². The molecule has 0 aliphatic carbocycles. The van der Waals surface area contributed by atoms with Crippen LogP contribution in [0, 0.1) is 23.7 Å². The lowest BCUT2D eigenvalue weighted by molar-refractivity contribution is -0.161. The zero-order chi connectivity index (χ0) is 66.8. The molecule has 0 saturated carbocycles. The molecule has 0 rings (SSSR count). The van der Waals surface area contributed by atoms with Crippen molar-refractivity contribution in [2.75, 3.05) is 39.6 Å². The van der Waals surface area contributed by atoms with Gasteiger partial charge in [0.2, 0.25) is 0 Å². The number of phosphoric acid groups is 2. The van der Waals surface area contributed by atoms with Crippen LogP contribution in [0.15, 0.2) is 0 Å². The summed E-state index contributed by atoms with van der Waals surface area (Å²) in [6.07, 6.45) is 43.1. The molecule has 0 heterocycles. The number of aliphatic hydroxyl groups is 1. The van der Waals surface area contributed by atoms with E-state index in [4.69, 9.17) is 37.0 Å². The number of ether oxygens (including phenoxy) is 4. The molecule has 0 aromatic carbocycles. The van der Waals surface area contributed by atoms with Crippen LogP contribution in [-0.4, -0.2) is 96.7 Å². The van der Waals surface area contributed by atoms with E-state index in [9.17, 15) is 43.2 Å². The topological polar surface area (TPSA) is 237 Å². The fraction of sp³-hybridized carbons (Fsp3) is 0.944. The maximum absolute atomic E-state index is 13.0. The number of hydrogen-bond donors (Lipinski definition) is 3. The van der Waals surface area contributed by atoms with E-state index in [0.29, 0.717) is 25.7 Å². The van der Waals surface area contributed by atoms with E-state index >= 15 is 0 Å². The molecular formula is C71H138O17P2. The maximum Gasteiger partial charge on any atom is 0.472 e. The molecule has 9 atom stereocenters. The Morgan fingerprint density at radius 2 is 0.500 bits per heavy atom. The molecule has 0 aliphatic heterocycles. The van der Waals surface area contributed by atoms with Crippen LogP contribution in [0.1, 0.15) is 351 Å². The van der Waals surface area contributed by atoms with Gasteiger partial charge in [-0.05, 0) is 49.4 Å². The van der Waals surface area contributed by atoms with Crippen LogP contribution in [0.25, 0.3) is 0 Å². The summed E-state index contributed by atoms with van der Waals surface area (Å²) in [5, 5.41) is 10.6. The second-order valence-electron chi connectivity index (χ2n) is 26.6. The van der Waals surface area contributed by atoms with Crippen molar-refractivity contribution in [2.24, 2.45) is 23.7 Å². The minimum absolute atomic E-state index is 0.102. The van der Waals surface area contributed by atoms with Crippen molar-refractivity contribution in [2.45, 2.75) is 369 Å². The Bertz CT molecular complexity index is 1790. The number of hydrogen-bond acceptors (Lipinski definition) is 15. The van der Waals surface area contributed by atoms with Gasteiger partial charge in [0, 0.05) is 25.7 Å². The van der Waals surface area contributed by atoms with Gasteiger partial charge in [0.1, 0.15) is 19.3 Å². The third-order valence-corrected chi connectivity index (χ3v) is 19.7. The van der Waals surface area contributed by atoms with Gasteiger partial charge < -0.3 is 33.8 Å². The maximum atomic E-state index is 13.0.